The lowest BCUT2D eigenvalue weighted by molar-refractivity contribution is 0.0240. The maximum absolute atomic E-state index is 12.6. The van der Waals surface area contributed by atoms with E-state index in [0.29, 0.717) is 31.1 Å². The van der Waals surface area contributed by atoms with Gasteiger partial charge in [0.15, 0.2) is 5.82 Å². The van der Waals surface area contributed by atoms with E-state index in [0.717, 1.165) is 23.4 Å². The van der Waals surface area contributed by atoms with Crippen LogP contribution in [-0.4, -0.2) is 43.1 Å². The number of rotatable bonds is 2. The van der Waals surface area contributed by atoms with Crippen molar-refractivity contribution in [2.75, 3.05) is 12.3 Å². The fourth-order valence-electron chi connectivity index (χ4n) is 3.36. The Morgan fingerprint density at radius 3 is 2.66 bits per heavy atom. The number of allylic oxidation sites excluding steroid dienone is 1. The Hall–Kier alpha value is -3.23. The maximum atomic E-state index is 12.6. The van der Waals surface area contributed by atoms with Gasteiger partial charge in [-0.15, -0.1) is 0 Å². The van der Waals surface area contributed by atoms with Crippen LogP contribution in [0, 0.1) is 0 Å². The van der Waals surface area contributed by atoms with Gasteiger partial charge < -0.3 is 15.2 Å². The molecule has 2 aromatic rings. The number of anilines is 1. The number of carbonyl (C=O) groups excluding carboxylic acids is 1. The van der Waals surface area contributed by atoms with Crippen molar-refractivity contribution in [3.63, 3.8) is 0 Å². The smallest absolute Gasteiger partial charge is 0.410 e. The van der Waals surface area contributed by atoms with Gasteiger partial charge in [0.1, 0.15) is 5.60 Å². The lowest BCUT2D eigenvalue weighted by Crippen LogP contribution is -2.33. The number of nitrogens with zero attached hydrogens (tertiary/aromatic N) is 5. The lowest BCUT2D eigenvalue weighted by atomic mass is 9.95. The van der Waals surface area contributed by atoms with Gasteiger partial charge >= 0.3 is 6.09 Å². The van der Waals surface area contributed by atoms with Crippen molar-refractivity contribution >= 4 is 12.0 Å². The van der Waals surface area contributed by atoms with Gasteiger partial charge in [0.25, 0.3) is 0 Å². The van der Waals surface area contributed by atoms with Crippen LogP contribution in [0.15, 0.2) is 24.7 Å². The van der Waals surface area contributed by atoms with Crippen molar-refractivity contribution < 1.29 is 14.3 Å². The van der Waals surface area contributed by atoms with E-state index in [1.165, 1.54) is 0 Å². The monoisotopic (exact) mass is 396 g/mol. The fourth-order valence-corrected chi connectivity index (χ4v) is 3.36. The van der Waals surface area contributed by atoms with E-state index in [4.69, 9.17) is 25.2 Å². The molecule has 0 aromatic carbocycles. The summed E-state index contributed by atoms with van der Waals surface area (Å²) in [4.78, 5) is 31.9. The highest BCUT2D eigenvalue weighted by atomic mass is 16.6. The van der Waals surface area contributed by atoms with Crippen LogP contribution >= 0.6 is 0 Å². The van der Waals surface area contributed by atoms with Gasteiger partial charge in [-0.1, -0.05) is 0 Å². The van der Waals surface area contributed by atoms with E-state index < -0.39 is 5.60 Å². The molecular formula is C20H24N6O3. The SMILES string of the molecule is CC(C)(C)OC(=O)N1Cc2nc(-c3cnc(N)nc3)nc(C3C=COCC3)c2C1. The molecule has 152 valence electrons. The molecule has 2 N–H and O–H groups in total. The number of aromatic nitrogens is 4. The third-order valence-corrected chi connectivity index (χ3v) is 4.70. The second-order valence-electron chi connectivity index (χ2n) is 8.12. The molecule has 2 aliphatic rings. The molecular weight excluding hydrogens is 372 g/mol. The molecule has 2 aliphatic heterocycles. The third kappa shape index (κ3) is 4.13. The molecule has 9 nitrogen and oxygen atoms in total. The zero-order valence-corrected chi connectivity index (χ0v) is 16.8. The molecule has 0 radical (unpaired) electrons. The highest BCUT2D eigenvalue weighted by Gasteiger charge is 2.33. The fraction of sp³-hybridized carbons (Fsp3) is 0.450. The highest BCUT2D eigenvalue weighted by Crippen LogP contribution is 2.34. The summed E-state index contributed by atoms with van der Waals surface area (Å²) in [5, 5.41) is 0. The predicted octanol–water partition coefficient (Wildman–Crippen LogP) is 2.78. The first-order valence-electron chi connectivity index (χ1n) is 9.54. The van der Waals surface area contributed by atoms with Crippen LogP contribution in [0.4, 0.5) is 10.7 Å². The number of ether oxygens (including phenoxy) is 2. The van der Waals surface area contributed by atoms with Crippen LogP contribution in [0.2, 0.25) is 0 Å². The Balaban J connectivity index is 1.72. The highest BCUT2D eigenvalue weighted by molar-refractivity contribution is 5.69. The number of amides is 1. The molecule has 1 amide bonds. The van der Waals surface area contributed by atoms with E-state index in [-0.39, 0.29) is 18.0 Å². The average Bonchev–Trinajstić information content (AvgIpc) is 3.12. The second kappa shape index (κ2) is 7.31. The number of nitrogen functional groups attached to an aromatic ring is 1. The molecule has 1 atom stereocenters. The Morgan fingerprint density at radius 2 is 2.00 bits per heavy atom. The number of fused-ring (bicyclic) bond motifs is 1. The van der Waals surface area contributed by atoms with Gasteiger partial charge in [-0.05, 0) is 33.3 Å². The van der Waals surface area contributed by atoms with E-state index in [1.54, 1.807) is 23.6 Å². The Labute approximate surface area is 169 Å². The summed E-state index contributed by atoms with van der Waals surface area (Å²) in [6, 6.07) is 0. The topological polar surface area (TPSA) is 116 Å². The molecule has 4 rings (SSSR count). The van der Waals surface area contributed by atoms with Gasteiger partial charge in [0.2, 0.25) is 5.95 Å². The number of nitrogens with two attached hydrogens (primary N) is 1. The molecule has 0 bridgehead atoms. The molecule has 29 heavy (non-hydrogen) atoms. The van der Waals surface area contributed by atoms with Gasteiger partial charge in [-0.2, -0.15) is 0 Å². The summed E-state index contributed by atoms with van der Waals surface area (Å²) in [6.45, 7) is 6.97. The first kappa shape index (κ1) is 19.1. The molecule has 0 spiro atoms. The van der Waals surface area contributed by atoms with Gasteiger partial charge in [-0.3, -0.25) is 4.90 Å². The van der Waals surface area contributed by atoms with Crippen molar-refractivity contribution in [3.05, 3.63) is 41.7 Å². The molecule has 0 saturated carbocycles. The summed E-state index contributed by atoms with van der Waals surface area (Å²) >= 11 is 0. The zero-order chi connectivity index (χ0) is 20.6. The molecule has 4 heterocycles. The quantitative estimate of drug-likeness (QED) is 0.824. The van der Waals surface area contributed by atoms with Gasteiger partial charge in [-0.25, -0.2) is 24.7 Å². The average molecular weight is 396 g/mol. The second-order valence-corrected chi connectivity index (χ2v) is 8.12. The standard InChI is InChI=1S/C20H24N6O3/c1-20(2,3)29-19(27)26-10-14-15(11-26)24-17(13-8-22-18(21)23-9-13)25-16(14)12-4-6-28-7-5-12/h4,6,8-9,12H,5,7,10-11H2,1-3H3,(H2,21,22,23). The maximum Gasteiger partial charge on any atom is 0.410 e. The summed E-state index contributed by atoms with van der Waals surface area (Å²) in [7, 11) is 0. The van der Waals surface area contributed by atoms with Crippen molar-refractivity contribution in [2.45, 2.75) is 51.8 Å². The first-order valence-corrected chi connectivity index (χ1v) is 9.54. The molecule has 9 heteroatoms. The minimum Gasteiger partial charge on any atom is -0.501 e. The van der Waals surface area contributed by atoms with Crippen LogP contribution in [0.1, 0.15) is 50.1 Å². The molecule has 0 fully saturated rings. The molecule has 0 saturated heterocycles. The zero-order valence-electron chi connectivity index (χ0n) is 16.8. The van der Waals surface area contributed by atoms with Crippen molar-refractivity contribution in [3.8, 4) is 11.4 Å². The van der Waals surface area contributed by atoms with Crippen LogP contribution in [0.3, 0.4) is 0 Å². The molecule has 2 aromatic heterocycles. The van der Waals surface area contributed by atoms with Crippen LogP contribution in [-0.2, 0) is 22.6 Å². The predicted molar refractivity (Wildman–Crippen MR) is 105 cm³/mol. The Morgan fingerprint density at radius 1 is 1.24 bits per heavy atom. The summed E-state index contributed by atoms with van der Waals surface area (Å²) in [5.41, 5.74) is 8.39. The normalized spacial score (nSPS) is 18.3. The minimum absolute atomic E-state index is 0.0903. The van der Waals surface area contributed by atoms with Crippen molar-refractivity contribution in [2.24, 2.45) is 0 Å². The van der Waals surface area contributed by atoms with E-state index in [1.807, 2.05) is 26.8 Å². The number of carbonyl (C=O) groups is 1. The minimum atomic E-state index is -0.559. The van der Waals surface area contributed by atoms with Gasteiger partial charge in [0, 0.05) is 23.9 Å². The summed E-state index contributed by atoms with van der Waals surface area (Å²) in [6.07, 6.45) is 7.36. The first-order chi connectivity index (χ1) is 13.8. The Bertz CT molecular complexity index is 952. The molecule has 1 unspecified atom stereocenters. The van der Waals surface area contributed by atoms with Crippen molar-refractivity contribution in [1.82, 2.24) is 24.8 Å². The summed E-state index contributed by atoms with van der Waals surface area (Å²) in [5.74, 6) is 0.802. The van der Waals surface area contributed by atoms with Crippen LogP contribution in [0.5, 0.6) is 0 Å². The van der Waals surface area contributed by atoms with Crippen LogP contribution < -0.4 is 5.73 Å². The third-order valence-electron chi connectivity index (χ3n) is 4.70. The van der Waals surface area contributed by atoms with Crippen molar-refractivity contribution in [1.29, 1.82) is 0 Å². The molecule has 0 aliphatic carbocycles. The lowest BCUT2D eigenvalue weighted by Gasteiger charge is -2.24. The summed E-state index contributed by atoms with van der Waals surface area (Å²) < 4.78 is 10.9. The largest absolute Gasteiger partial charge is 0.501 e. The van der Waals surface area contributed by atoms with Gasteiger partial charge in [0.05, 0.1) is 42.9 Å². The Kier molecular flexibility index (Phi) is 4.81. The number of hydrogen-bond acceptors (Lipinski definition) is 8. The van der Waals surface area contributed by atoms with Crippen LogP contribution in [0.25, 0.3) is 11.4 Å². The van der Waals surface area contributed by atoms with E-state index in [2.05, 4.69) is 9.97 Å². The van der Waals surface area contributed by atoms with E-state index >= 15 is 0 Å². The number of hydrogen-bond donors (Lipinski definition) is 1. The van der Waals surface area contributed by atoms with E-state index in [9.17, 15) is 4.79 Å².